The zero-order valence-corrected chi connectivity index (χ0v) is 14.6. The fraction of sp³-hybridized carbons (Fsp3) is 0.400. The van der Waals surface area contributed by atoms with Gasteiger partial charge in [-0.05, 0) is 56.0 Å². The van der Waals surface area contributed by atoms with E-state index in [1.807, 2.05) is 36.4 Å². The van der Waals surface area contributed by atoms with E-state index in [9.17, 15) is 4.79 Å². The highest BCUT2D eigenvalue weighted by atomic mass is 16.5. The number of ether oxygens (including phenoxy) is 1. The van der Waals surface area contributed by atoms with Crippen molar-refractivity contribution in [2.24, 2.45) is 11.8 Å². The molecule has 132 valence electrons. The molecule has 0 aliphatic carbocycles. The third-order valence-corrected chi connectivity index (χ3v) is 4.63. The molecule has 5 heteroatoms. The Hall–Kier alpha value is -2.40. The molecule has 0 saturated carbocycles. The molecule has 0 spiro atoms. The number of benzene rings is 1. The van der Waals surface area contributed by atoms with Gasteiger partial charge in [-0.15, -0.1) is 0 Å². The van der Waals surface area contributed by atoms with E-state index in [-0.39, 0.29) is 5.91 Å². The molecule has 1 fully saturated rings. The van der Waals surface area contributed by atoms with Gasteiger partial charge in [0.1, 0.15) is 5.75 Å². The maximum Gasteiger partial charge on any atom is 0.224 e. The lowest BCUT2D eigenvalue weighted by molar-refractivity contribution is -0.117. The number of rotatable bonds is 6. The summed E-state index contributed by atoms with van der Waals surface area (Å²) in [6, 6.07) is 13.1. The standard InChI is InChI=1S/C20H25N3O2/c1-15(16-6-5-11-21-13-16)12-19(24)23-17-9-10-20(22-14-17)25-18-7-3-2-4-8-18/h2-4,7-10,14-16,21H,5-6,11-13H2,1H3,(H,23,24). The van der Waals surface area contributed by atoms with Gasteiger partial charge in [0.15, 0.2) is 0 Å². The highest BCUT2D eigenvalue weighted by Crippen LogP contribution is 2.23. The summed E-state index contributed by atoms with van der Waals surface area (Å²) < 4.78 is 5.65. The fourth-order valence-corrected chi connectivity index (χ4v) is 3.16. The van der Waals surface area contributed by atoms with E-state index in [2.05, 4.69) is 22.5 Å². The summed E-state index contributed by atoms with van der Waals surface area (Å²) in [7, 11) is 0. The van der Waals surface area contributed by atoms with E-state index in [4.69, 9.17) is 4.74 Å². The number of hydrogen-bond donors (Lipinski definition) is 2. The summed E-state index contributed by atoms with van der Waals surface area (Å²) in [4.78, 5) is 16.5. The molecule has 2 atom stereocenters. The molecule has 2 N–H and O–H groups in total. The lowest BCUT2D eigenvalue weighted by Gasteiger charge is -2.28. The van der Waals surface area contributed by atoms with Crippen LogP contribution in [0.4, 0.5) is 5.69 Å². The van der Waals surface area contributed by atoms with E-state index >= 15 is 0 Å². The van der Waals surface area contributed by atoms with Gasteiger partial charge >= 0.3 is 0 Å². The van der Waals surface area contributed by atoms with Crippen LogP contribution in [0.25, 0.3) is 0 Å². The van der Waals surface area contributed by atoms with Crippen molar-refractivity contribution in [3.05, 3.63) is 48.7 Å². The topological polar surface area (TPSA) is 63.2 Å². The van der Waals surface area contributed by atoms with Crippen LogP contribution in [0, 0.1) is 11.8 Å². The zero-order chi connectivity index (χ0) is 17.5. The second kappa shape index (κ2) is 8.62. The average molecular weight is 339 g/mol. The number of nitrogens with zero attached hydrogens (tertiary/aromatic N) is 1. The first-order valence-electron chi connectivity index (χ1n) is 8.90. The molecular formula is C20H25N3O2. The summed E-state index contributed by atoms with van der Waals surface area (Å²) in [5.41, 5.74) is 0.694. The Morgan fingerprint density at radius 1 is 1.32 bits per heavy atom. The number of piperidine rings is 1. The Morgan fingerprint density at radius 3 is 2.84 bits per heavy atom. The van der Waals surface area contributed by atoms with Crippen molar-refractivity contribution >= 4 is 11.6 Å². The van der Waals surface area contributed by atoms with Crippen molar-refractivity contribution in [2.45, 2.75) is 26.2 Å². The third kappa shape index (κ3) is 5.29. The van der Waals surface area contributed by atoms with Gasteiger partial charge < -0.3 is 15.4 Å². The van der Waals surface area contributed by atoms with Crippen LogP contribution < -0.4 is 15.4 Å². The molecule has 1 aromatic heterocycles. The number of pyridine rings is 1. The van der Waals surface area contributed by atoms with Crippen LogP contribution in [0.3, 0.4) is 0 Å². The number of amides is 1. The van der Waals surface area contributed by atoms with Gasteiger partial charge in [0.2, 0.25) is 11.8 Å². The highest BCUT2D eigenvalue weighted by Gasteiger charge is 2.22. The number of para-hydroxylation sites is 1. The Balaban J connectivity index is 1.49. The smallest absolute Gasteiger partial charge is 0.224 e. The molecule has 2 aromatic rings. The second-order valence-corrected chi connectivity index (χ2v) is 6.64. The second-order valence-electron chi connectivity index (χ2n) is 6.64. The molecule has 3 rings (SSSR count). The molecule has 0 bridgehead atoms. The summed E-state index contributed by atoms with van der Waals surface area (Å²) in [5.74, 6) is 2.24. The summed E-state index contributed by atoms with van der Waals surface area (Å²) >= 11 is 0. The molecule has 1 aliphatic rings. The van der Waals surface area contributed by atoms with Crippen molar-refractivity contribution in [1.82, 2.24) is 10.3 Å². The van der Waals surface area contributed by atoms with Crippen molar-refractivity contribution in [3.8, 4) is 11.6 Å². The number of anilines is 1. The van der Waals surface area contributed by atoms with Crippen molar-refractivity contribution in [2.75, 3.05) is 18.4 Å². The minimum Gasteiger partial charge on any atom is -0.439 e. The van der Waals surface area contributed by atoms with Gasteiger partial charge in [-0.1, -0.05) is 25.1 Å². The number of hydrogen-bond acceptors (Lipinski definition) is 4. The van der Waals surface area contributed by atoms with E-state index in [1.165, 1.54) is 12.8 Å². The average Bonchev–Trinajstić information content (AvgIpc) is 2.65. The fourth-order valence-electron chi connectivity index (χ4n) is 3.16. The van der Waals surface area contributed by atoms with Crippen LogP contribution in [-0.2, 0) is 4.79 Å². The number of nitrogens with one attached hydrogen (secondary N) is 2. The molecule has 1 amide bonds. The first kappa shape index (κ1) is 17.4. The SMILES string of the molecule is CC(CC(=O)Nc1ccc(Oc2ccccc2)nc1)C1CCCNC1. The van der Waals surface area contributed by atoms with Crippen molar-refractivity contribution in [3.63, 3.8) is 0 Å². The number of carbonyl (C=O) groups is 1. The van der Waals surface area contributed by atoms with Gasteiger partial charge in [0, 0.05) is 12.5 Å². The zero-order valence-electron chi connectivity index (χ0n) is 14.6. The van der Waals surface area contributed by atoms with Gasteiger partial charge in [0.05, 0.1) is 11.9 Å². The Bertz CT molecular complexity index is 667. The summed E-state index contributed by atoms with van der Waals surface area (Å²) in [6.45, 7) is 4.27. The first-order chi connectivity index (χ1) is 12.2. The predicted molar refractivity (Wildman–Crippen MR) is 98.8 cm³/mol. The lowest BCUT2D eigenvalue weighted by Crippen LogP contribution is -2.34. The molecule has 2 heterocycles. The minimum atomic E-state index is 0.0385. The van der Waals surface area contributed by atoms with E-state index < -0.39 is 0 Å². The maximum atomic E-state index is 12.3. The van der Waals surface area contributed by atoms with Crippen LogP contribution >= 0.6 is 0 Å². The Morgan fingerprint density at radius 2 is 2.16 bits per heavy atom. The largest absolute Gasteiger partial charge is 0.439 e. The van der Waals surface area contributed by atoms with Crippen LogP contribution in [0.2, 0.25) is 0 Å². The monoisotopic (exact) mass is 339 g/mol. The van der Waals surface area contributed by atoms with E-state index in [0.29, 0.717) is 29.8 Å². The van der Waals surface area contributed by atoms with Crippen LogP contribution in [0.15, 0.2) is 48.7 Å². The van der Waals surface area contributed by atoms with E-state index in [1.54, 1.807) is 12.3 Å². The van der Waals surface area contributed by atoms with Crippen molar-refractivity contribution in [1.29, 1.82) is 0 Å². The Labute approximate surface area is 148 Å². The molecule has 1 saturated heterocycles. The molecule has 0 radical (unpaired) electrons. The van der Waals surface area contributed by atoms with Crippen LogP contribution in [-0.4, -0.2) is 24.0 Å². The lowest BCUT2D eigenvalue weighted by atomic mass is 9.85. The number of aromatic nitrogens is 1. The van der Waals surface area contributed by atoms with Gasteiger partial charge in [-0.25, -0.2) is 4.98 Å². The minimum absolute atomic E-state index is 0.0385. The summed E-state index contributed by atoms with van der Waals surface area (Å²) in [6.07, 6.45) is 4.57. The predicted octanol–water partition coefficient (Wildman–Crippen LogP) is 3.84. The molecular weight excluding hydrogens is 314 g/mol. The molecule has 5 nitrogen and oxygen atoms in total. The first-order valence-corrected chi connectivity index (χ1v) is 8.90. The van der Waals surface area contributed by atoms with Crippen molar-refractivity contribution < 1.29 is 9.53 Å². The maximum absolute atomic E-state index is 12.3. The normalized spacial score (nSPS) is 18.4. The molecule has 1 aliphatic heterocycles. The van der Waals surface area contributed by atoms with Gasteiger partial charge in [0.25, 0.3) is 0 Å². The van der Waals surface area contributed by atoms with Crippen LogP contribution in [0.5, 0.6) is 11.6 Å². The Kier molecular flexibility index (Phi) is 6.01. The summed E-state index contributed by atoms with van der Waals surface area (Å²) in [5, 5.41) is 6.33. The van der Waals surface area contributed by atoms with Crippen LogP contribution in [0.1, 0.15) is 26.2 Å². The van der Waals surface area contributed by atoms with E-state index in [0.717, 1.165) is 18.8 Å². The quantitative estimate of drug-likeness (QED) is 0.839. The van der Waals surface area contributed by atoms with Gasteiger partial charge in [-0.2, -0.15) is 0 Å². The third-order valence-electron chi connectivity index (χ3n) is 4.63. The van der Waals surface area contributed by atoms with Gasteiger partial charge in [-0.3, -0.25) is 4.79 Å². The molecule has 2 unspecified atom stereocenters. The highest BCUT2D eigenvalue weighted by molar-refractivity contribution is 5.90. The molecule has 25 heavy (non-hydrogen) atoms. The number of carbonyl (C=O) groups excluding carboxylic acids is 1. The molecule has 1 aromatic carbocycles.